The highest BCUT2D eigenvalue weighted by Crippen LogP contribution is 2.48. The molecule has 1 unspecified atom stereocenters. The zero-order chi connectivity index (χ0) is 30.5. The van der Waals surface area contributed by atoms with Crippen LogP contribution >= 0.6 is 0 Å². The SMILES string of the molecule is COc1c(F)cccc1C(=O)N1CCc2c1cc(C)c(C(OC(C)(C)C)C(=O)O)c2-c1cc(F)c2c(c1C)CCCO2. The molecule has 0 aliphatic carbocycles. The molecule has 2 aliphatic heterocycles. The van der Waals surface area contributed by atoms with Gasteiger partial charge in [-0.2, -0.15) is 0 Å². The molecule has 9 heteroatoms. The molecule has 222 valence electrons. The van der Waals surface area contributed by atoms with Crippen molar-refractivity contribution in [3.8, 4) is 22.6 Å². The number of amides is 1. The zero-order valence-corrected chi connectivity index (χ0v) is 24.7. The third-order valence-electron chi connectivity index (χ3n) is 7.84. The number of carbonyl (C=O) groups is 2. The molecule has 1 N–H and O–H groups in total. The van der Waals surface area contributed by atoms with Crippen LogP contribution in [0.5, 0.6) is 11.5 Å². The van der Waals surface area contributed by atoms with E-state index >= 15 is 4.39 Å². The Morgan fingerprint density at radius 1 is 1.07 bits per heavy atom. The van der Waals surface area contributed by atoms with Crippen LogP contribution in [0.2, 0.25) is 0 Å². The van der Waals surface area contributed by atoms with Gasteiger partial charge >= 0.3 is 5.97 Å². The van der Waals surface area contributed by atoms with E-state index < -0.39 is 35.2 Å². The van der Waals surface area contributed by atoms with E-state index in [4.69, 9.17) is 14.2 Å². The lowest BCUT2D eigenvalue weighted by atomic mass is 9.83. The fourth-order valence-corrected chi connectivity index (χ4v) is 6.09. The molecule has 7 nitrogen and oxygen atoms in total. The number of nitrogens with zero attached hydrogens (tertiary/aromatic N) is 1. The van der Waals surface area contributed by atoms with Crippen LogP contribution in [-0.4, -0.2) is 42.8 Å². The average Bonchev–Trinajstić information content (AvgIpc) is 3.35. The topological polar surface area (TPSA) is 85.3 Å². The van der Waals surface area contributed by atoms with Crippen molar-refractivity contribution in [2.24, 2.45) is 0 Å². The Hall–Kier alpha value is -3.98. The number of hydrogen-bond acceptors (Lipinski definition) is 5. The maximum Gasteiger partial charge on any atom is 0.337 e. The minimum absolute atomic E-state index is 0.0706. The van der Waals surface area contributed by atoms with Crippen LogP contribution in [0.3, 0.4) is 0 Å². The molecule has 2 aliphatic rings. The van der Waals surface area contributed by atoms with Crippen molar-refractivity contribution >= 4 is 17.6 Å². The van der Waals surface area contributed by atoms with Crippen LogP contribution in [0.1, 0.15) is 71.5 Å². The van der Waals surface area contributed by atoms with Crippen molar-refractivity contribution in [3.63, 3.8) is 0 Å². The molecule has 0 bridgehead atoms. The Morgan fingerprint density at radius 3 is 2.48 bits per heavy atom. The van der Waals surface area contributed by atoms with Crippen LogP contribution < -0.4 is 14.4 Å². The van der Waals surface area contributed by atoms with Crippen LogP contribution in [0.25, 0.3) is 11.1 Å². The molecular weight excluding hydrogens is 544 g/mol. The lowest BCUT2D eigenvalue weighted by molar-refractivity contribution is -0.160. The van der Waals surface area contributed by atoms with Gasteiger partial charge in [-0.3, -0.25) is 4.79 Å². The molecule has 0 spiro atoms. The summed E-state index contributed by atoms with van der Waals surface area (Å²) in [4.78, 5) is 28.1. The first-order chi connectivity index (χ1) is 19.8. The minimum Gasteiger partial charge on any atom is -0.493 e. The van der Waals surface area contributed by atoms with E-state index in [1.54, 1.807) is 38.7 Å². The van der Waals surface area contributed by atoms with Crippen LogP contribution in [0.4, 0.5) is 14.5 Å². The van der Waals surface area contributed by atoms with Crippen LogP contribution in [0, 0.1) is 25.5 Å². The number of fused-ring (bicyclic) bond motifs is 2. The van der Waals surface area contributed by atoms with Gasteiger partial charge in [0.2, 0.25) is 0 Å². The summed E-state index contributed by atoms with van der Waals surface area (Å²) in [5.41, 5.74) is 4.10. The molecule has 1 atom stereocenters. The molecule has 1 amide bonds. The number of para-hydroxylation sites is 1. The third kappa shape index (κ3) is 5.11. The predicted molar refractivity (Wildman–Crippen MR) is 155 cm³/mol. The monoisotopic (exact) mass is 579 g/mol. The molecule has 0 radical (unpaired) electrons. The van der Waals surface area contributed by atoms with Crippen molar-refractivity contribution < 1.29 is 37.7 Å². The number of methoxy groups -OCH3 is 1. The van der Waals surface area contributed by atoms with E-state index in [0.717, 1.165) is 17.5 Å². The van der Waals surface area contributed by atoms with Crippen molar-refractivity contribution in [2.75, 3.05) is 25.2 Å². The summed E-state index contributed by atoms with van der Waals surface area (Å²) in [6, 6.07) is 7.34. The molecule has 0 saturated heterocycles. The number of carbonyl (C=O) groups excluding carboxylic acids is 1. The first-order valence-corrected chi connectivity index (χ1v) is 14.0. The maximum atomic E-state index is 15.6. The van der Waals surface area contributed by atoms with E-state index in [1.807, 2.05) is 6.92 Å². The molecule has 0 aromatic heterocycles. The summed E-state index contributed by atoms with van der Waals surface area (Å²) in [7, 11) is 1.31. The molecule has 3 aromatic rings. The first kappa shape index (κ1) is 29.5. The van der Waals surface area contributed by atoms with E-state index in [0.29, 0.717) is 53.0 Å². The largest absolute Gasteiger partial charge is 0.493 e. The molecule has 42 heavy (non-hydrogen) atoms. The predicted octanol–water partition coefficient (Wildman–Crippen LogP) is 6.73. The van der Waals surface area contributed by atoms with E-state index in [2.05, 4.69) is 0 Å². The summed E-state index contributed by atoms with van der Waals surface area (Å²) in [5.74, 6) is -2.73. The normalized spacial score (nSPS) is 15.1. The number of rotatable bonds is 6. The van der Waals surface area contributed by atoms with Crippen molar-refractivity contribution in [1.82, 2.24) is 0 Å². The Morgan fingerprint density at radius 2 is 1.81 bits per heavy atom. The van der Waals surface area contributed by atoms with Gasteiger partial charge in [-0.1, -0.05) is 6.07 Å². The summed E-state index contributed by atoms with van der Waals surface area (Å²) < 4.78 is 47.1. The number of anilines is 1. The first-order valence-electron chi connectivity index (χ1n) is 14.0. The van der Waals surface area contributed by atoms with Gasteiger partial charge in [0.25, 0.3) is 5.91 Å². The number of hydrogen-bond donors (Lipinski definition) is 1. The standard InChI is InChI=1S/C33H35F2NO6/c1-17-15-25-20(12-13-36(25)31(37)21-9-7-11-23(34)28(21)40-6)27(26(17)30(32(38)39)42-33(3,4)5)22-16-24(35)29-19(18(22)2)10-8-14-41-29/h7,9,11,15-16,30H,8,10,12-14H2,1-6H3,(H,38,39). The molecule has 5 rings (SSSR count). The van der Waals surface area contributed by atoms with Crippen molar-refractivity contribution in [2.45, 2.75) is 65.6 Å². The van der Waals surface area contributed by atoms with Gasteiger partial charge in [0.1, 0.15) is 0 Å². The van der Waals surface area contributed by atoms with Crippen molar-refractivity contribution in [1.29, 1.82) is 0 Å². The molecule has 2 heterocycles. The smallest absolute Gasteiger partial charge is 0.337 e. The van der Waals surface area contributed by atoms with Gasteiger partial charge in [-0.05, 0) is 106 Å². The second kappa shape index (κ2) is 11.0. The number of aryl methyl sites for hydroxylation is 1. The average molecular weight is 580 g/mol. The zero-order valence-electron chi connectivity index (χ0n) is 24.7. The van der Waals surface area contributed by atoms with E-state index in [-0.39, 0.29) is 23.6 Å². The second-order valence-electron chi connectivity index (χ2n) is 11.7. The fourth-order valence-electron chi connectivity index (χ4n) is 6.09. The molecule has 3 aromatic carbocycles. The van der Waals surface area contributed by atoms with Crippen LogP contribution in [0.15, 0.2) is 30.3 Å². The van der Waals surface area contributed by atoms with E-state index in [9.17, 15) is 19.1 Å². The Balaban J connectivity index is 1.78. The highest BCUT2D eigenvalue weighted by atomic mass is 19.1. The maximum absolute atomic E-state index is 15.6. The number of benzene rings is 3. The van der Waals surface area contributed by atoms with Gasteiger partial charge < -0.3 is 24.2 Å². The van der Waals surface area contributed by atoms with Gasteiger partial charge in [0, 0.05) is 23.4 Å². The van der Waals surface area contributed by atoms with E-state index in [1.165, 1.54) is 31.4 Å². The number of aliphatic carboxylic acids is 1. The van der Waals surface area contributed by atoms with Crippen LogP contribution in [-0.2, 0) is 22.4 Å². The number of ether oxygens (including phenoxy) is 3. The fraction of sp³-hybridized carbons (Fsp3) is 0.394. The summed E-state index contributed by atoms with van der Waals surface area (Å²) >= 11 is 0. The second-order valence-corrected chi connectivity index (χ2v) is 11.7. The molecular formula is C33H35F2NO6. The quantitative estimate of drug-likeness (QED) is 0.349. The molecule has 0 saturated carbocycles. The number of halogens is 2. The Bertz CT molecular complexity index is 1590. The third-order valence-corrected chi connectivity index (χ3v) is 7.84. The van der Waals surface area contributed by atoms with Gasteiger partial charge in [0.15, 0.2) is 29.2 Å². The summed E-state index contributed by atoms with van der Waals surface area (Å²) in [6.07, 6.45) is 0.379. The minimum atomic E-state index is -1.35. The Kier molecular flexibility index (Phi) is 7.74. The van der Waals surface area contributed by atoms with Gasteiger partial charge in [0.05, 0.1) is 24.9 Å². The lowest BCUT2D eigenvalue weighted by Crippen LogP contribution is -2.30. The molecule has 0 fully saturated rings. The van der Waals surface area contributed by atoms with Crippen molar-refractivity contribution in [3.05, 3.63) is 75.3 Å². The highest BCUT2D eigenvalue weighted by molar-refractivity contribution is 6.10. The lowest BCUT2D eigenvalue weighted by Gasteiger charge is -2.30. The summed E-state index contributed by atoms with van der Waals surface area (Å²) in [6.45, 7) is 9.67. The summed E-state index contributed by atoms with van der Waals surface area (Å²) in [5, 5.41) is 10.4. The number of carboxylic acid groups (broad SMARTS) is 1. The highest BCUT2D eigenvalue weighted by Gasteiger charge is 2.38. The number of carboxylic acids is 1. The van der Waals surface area contributed by atoms with Gasteiger partial charge in [-0.25, -0.2) is 13.6 Å². The Labute approximate surface area is 244 Å². The van der Waals surface area contributed by atoms with Gasteiger partial charge in [-0.15, -0.1) is 0 Å².